The Kier molecular flexibility index (Phi) is 4.31. The number of nitrogens with one attached hydrogen (secondary N) is 1. The summed E-state index contributed by atoms with van der Waals surface area (Å²) >= 11 is 5.96. The summed E-state index contributed by atoms with van der Waals surface area (Å²) in [5.41, 5.74) is 0.250. The fourth-order valence-corrected chi connectivity index (χ4v) is 1.92. The van der Waals surface area contributed by atoms with Crippen molar-refractivity contribution in [2.45, 2.75) is 6.10 Å². The molecule has 1 heterocycles. The summed E-state index contributed by atoms with van der Waals surface area (Å²) in [4.78, 5) is 22.7. The smallest absolute Gasteiger partial charge is 0.334 e. The first kappa shape index (κ1) is 14.4. The molecule has 0 bridgehead atoms. The van der Waals surface area contributed by atoms with Crippen molar-refractivity contribution in [3.8, 4) is 11.5 Å². The molecular weight excluding hydrogens is 290 g/mol. The van der Waals surface area contributed by atoms with Crippen LogP contribution in [0.1, 0.15) is 10.4 Å². The molecule has 0 radical (unpaired) electrons. The van der Waals surface area contributed by atoms with E-state index in [1.165, 1.54) is 19.2 Å². The molecule has 0 aromatic heterocycles. The van der Waals surface area contributed by atoms with Crippen molar-refractivity contribution in [2.75, 3.05) is 20.4 Å². The Morgan fingerprint density at radius 2 is 2.25 bits per heavy atom. The molecule has 2 rings (SSSR count). The van der Waals surface area contributed by atoms with Crippen molar-refractivity contribution in [3.63, 3.8) is 0 Å². The maximum atomic E-state index is 11.9. The van der Waals surface area contributed by atoms with Crippen molar-refractivity contribution < 1.29 is 28.9 Å². The van der Waals surface area contributed by atoms with Crippen LogP contribution in [0.25, 0.3) is 0 Å². The number of carboxylic acids is 1. The minimum absolute atomic E-state index is 0.0465. The SMILES string of the molecule is COC(CNC(=O)c1cc(Cl)c2c(c1)OCO2)C(=O)O. The predicted octanol–water partition coefficient (Wildman–Crippen LogP) is 0.898. The van der Waals surface area contributed by atoms with E-state index in [1.54, 1.807) is 0 Å². The average molecular weight is 302 g/mol. The first-order valence-electron chi connectivity index (χ1n) is 5.66. The minimum Gasteiger partial charge on any atom is -0.479 e. The van der Waals surface area contributed by atoms with E-state index >= 15 is 0 Å². The van der Waals surface area contributed by atoms with E-state index in [2.05, 4.69) is 5.32 Å². The molecule has 108 valence electrons. The van der Waals surface area contributed by atoms with Crippen LogP contribution in [-0.4, -0.2) is 43.5 Å². The topological polar surface area (TPSA) is 94.1 Å². The normalized spacial score (nSPS) is 13.9. The van der Waals surface area contributed by atoms with Gasteiger partial charge in [-0.25, -0.2) is 4.79 Å². The van der Waals surface area contributed by atoms with Gasteiger partial charge in [0.15, 0.2) is 17.6 Å². The van der Waals surface area contributed by atoms with Crippen molar-refractivity contribution >= 4 is 23.5 Å². The largest absolute Gasteiger partial charge is 0.479 e. The van der Waals surface area contributed by atoms with Crippen LogP contribution in [0.15, 0.2) is 12.1 Å². The molecule has 1 amide bonds. The van der Waals surface area contributed by atoms with Gasteiger partial charge in [-0.05, 0) is 12.1 Å². The van der Waals surface area contributed by atoms with E-state index in [0.29, 0.717) is 11.5 Å². The summed E-state index contributed by atoms with van der Waals surface area (Å²) < 4.78 is 15.0. The molecule has 7 nitrogen and oxygen atoms in total. The minimum atomic E-state index is -1.16. The van der Waals surface area contributed by atoms with Crippen LogP contribution in [0, 0.1) is 0 Å². The second-order valence-corrected chi connectivity index (χ2v) is 4.37. The molecule has 1 aliphatic rings. The molecule has 0 aliphatic carbocycles. The van der Waals surface area contributed by atoms with Crippen molar-refractivity contribution in [3.05, 3.63) is 22.7 Å². The van der Waals surface area contributed by atoms with Gasteiger partial charge in [-0.2, -0.15) is 0 Å². The Morgan fingerprint density at radius 3 is 2.90 bits per heavy atom. The fourth-order valence-electron chi connectivity index (χ4n) is 1.66. The van der Waals surface area contributed by atoms with Crippen LogP contribution < -0.4 is 14.8 Å². The Hall–Kier alpha value is -1.99. The van der Waals surface area contributed by atoms with Gasteiger partial charge >= 0.3 is 5.97 Å². The third-order valence-electron chi connectivity index (χ3n) is 2.70. The number of carboxylic acid groups (broad SMARTS) is 1. The number of rotatable bonds is 5. The number of fused-ring (bicyclic) bond motifs is 1. The van der Waals surface area contributed by atoms with E-state index in [1.807, 2.05) is 0 Å². The summed E-state index contributed by atoms with van der Waals surface area (Å²) in [5, 5.41) is 11.5. The van der Waals surface area contributed by atoms with Crippen LogP contribution in [0.3, 0.4) is 0 Å². The summed E-state index contributed by atoms with van der Waals surface area (Å²) in [5.74, 6) is -0.863. The molecule has 2 N–H and O–H groups in total. The van der Waals surface area contributed by atoms with Gasteiger partial charge in [0.2, 0.25) is 6.79 Å². The molecule has 1 aromatic carbocycles. The number of aliphatic carboxylic acids is 1. The van der Waals surface area contributed by atoms with Crippen LogP contribution in [-0.2, 0) is 9.53 Å². The molecule has 0 fully saturated rings. The van der Waals surface area contributed by atoms with Gasteiger partial charge in [0.25, 0.3) is 5.91 Å². The van der Waals surface area contributed by atoms with Gasteiger partial charge in [0.1, 0.15) is 0 Å². The Balaban J connectivity index is 2.07. The molecule has 20 heavy (non-hydrogen) atoms. The Morgan fingerprint density at radius 1 is 1.50 bits per heavy atom. The number of ether oxygens (including phenoxy) is 3. The number of carbonyl (C=O) groups excluding carboxylic acids is 1. The highest BCUT2D eigenvalue weighted by Crippen LogP contribution is 2.39. The molecule has 1 aromatic rings. The first-order valence-corrected chi connectivity index (χ1v) is 6.03. The zero-order chi connectivity index (χ0) is 14.7. The van der Waals surface area contributed by atoms with Gasteiger partial charge < -0.3 is 24.6 Å². The highest BCUT2D eigenvalue weighted by molar-refractivity contribution is 6.32. The van der Waals surface area contributed by atoms with Crippen LogP contribution in [0.2, 0.25) is 5.02 Å². The molecule has 1 atom stereocenters. The van der Waals surface area contributed by atoms with E-state index < -0.39 is 18.0 Å². The number of amides is 1. The van der Waals surface area contributed by atoms with E-state index in [4.69, 9.17) is 30.9 Å². The lowest BCUT2D eigenvalue weighted by atomic mass is 10.2. The lowest BCUT2D eigenvalue weighted by Crippen LogP contribution is -2.37. The molecular formula is C12H12ClNO6. The highest BCUT2D eigenvalue weighted by Gasteiger charge is 2.22. The summed E-state index contributed by atoms with van der Waals surface area (Å²) in [6.45, 7) is -0.110. The molecule has 0 saturated heterocycles. The quantitative estimate of drug-likeness (QED) is 0.839. The number of carbonyl (C=O) groups is 2. The van der Waals surface area contributed by atoms with Crippen LogP contribution in [0.4, 0.5) is 0 Å². The second-order valence-electron chi connectivity index (χ2n) is 3.96. The second kappa shape index (κ2) is 5.98. The van der Waals surface area contributed by atoms with Gasteiger partial charge in [-0.1, -0.05) is 11.6 Å². The average Bonchev–Trinajstić information content (AvgIpc) is 2.87. The van der Waals surface area contributed by atoms with Crippen LogP contribution >= 0.6 is 11.6 Å². The monoisotopic (exact) mass is 301 g/mol. The molecule has 8 heteroatoms. The number of hydrogen-bond acceptors (Lipinski definition) is 5. The van der Waals surface area contributed by atoms with Gasteiger partial charge in [-0.3, -0.25) is 4.79 Å². The zero-order valence-corrected chi connectivity index (χ0v) is 11.3. The van der Waals surface area contributed by atoms with Crippen molar-refractivity contribution in [1.29, 1.82) is 0 Å². The van der Waals surface area contributed by atoms with Crippen molar-refractivity contribution in [1.82, 2.24) is 5.32 Å². The Labute approximate surface area is 119 Å². The maximum Gasteiger partial charge on any atom is 0.334 e. The zero-order valence-electron chi connectivity index (χ0n) is 10.5. The first-order chi connectivity index (χ1) is 9.52. The lowest BCUT2D eigenvalue weighted by Gasteiger charge is -2.12. The lowest BCUT2D eigenvalue weighted by molar-refractivity contribution is -0.148. The van der Waals surface area contributed by atoms with Gasteiger partial charge in [0, 0.05) is 12.7 Å². The third kappa shape index (κ3) is 2.94. The number of benzene rings is 1. The van der Waals surface area contributed by atoms with Crippen LogP contribution in [0.5, 0.6) is 11.5 Å². The molecule has 1 unspecified atom stereocenters. The molecule has 0 spiro atoms. The van der Waals surface area contributed by atoms with E-state index in [9.17, 15) is 9.59 Å². The van der Waals surface area contributed by atoms with Gasteiger partial charge in [0.05, 0.1) is 11.6 Å². The summed E-state index contributed by atoms with van der Waals surface area (Å²) in [6.07, 6.45) is -1.11. The molecule has 0 saturated carbocycles. The Bertz CT molecular complexity index is 547. The summed E-state index contributed by atoms with van der Waals surface area (Å²) in [7, 11) is 1.25. The fraction of sp³-hybridized carbons (Fsp3) is 0.333. The highest BCUT2D eigenvalue weighted by atomic mass is 35.5. The number of hydrogen-bond donors (Lipinski definition) is 2. The molecule has 1 aliphatic heterocycles. The van der Waals surface area contributed by atoms with Gasteiger partial charge in [-0.15, -0.1) is 0 Å². The number of halogens is 1. The third-order valence-corrected chi connectivity index (χ3v) is 2.98. The predicted molar refractivity (Wildman–Crippen MR) is 68.3 cm³/mol. The van der Waals surface area contributed by atoms with E-state index in [-0.39, 0.29) is 23.9 Å². The summed E-state index contributed by atoms with van der Waals surface area (Å²) in [6, 6.07) is 2.90. The standard InChI is InChI=1S/C12H12ClNO6/c1-18-9(12(16)17)4-14-11(15)6-2-7(13)10-8(3-6)19-5-20-10/h2-3,9H,4-5H2,1H3,(H,14,15)(H,16,17). The van der Waals surface area contributed by atoms with Crippen molar-refractivity contribution in [2.24, 2.45) is 0 Å². The maximum absolute atomic E-state index is 11.9. The number of methoxy groups -OCH3 is 1. The van der Waals surface area contributed by atoms with E-state index in [0.717, 1.165) is 0 Å².